The molecular formula is C27H25Cl2F3N8O3. The van der Waals surface area contributed by atoms with Crippen LogP contribution >= 0.6 is 23.2 Å². The molecule has 11 nitrogen and oxygen atoms in total. The maximum atomic E-state index is 13.8. The SMILES string of the molecule is Cc1cc(Cl)cc(C(=O)NC(C)C2CCCO2)c1CC(=O)c1cc(Cn2nnc(C(F)(F)F)n2)nn1-c1ncccc1Cl. The summed E-state index contributed by atoms with van der Waals surface area (Å²) in [6.07, 6.45) is -1.93. The number of amides is 1. The Morgan fingerprint density at radius 1 is 1.21 bits per heavy atom. The molecule has 226 valence electrons. The Morgan fingerprint density at radius 2 is 2.00 bits per heavy atom. The van der Waals surface area contributed by atoms with Crippen LogP contribution in [0.1, 0.15) is 63.3 Å². The number of ether oxygens (including phenoxy) is 1. The summed E-state index contributed by atoms with van der Waals surface area (Å²) in [7, 11) is 0. The molecule has 0 aliphatic carbocycles. The number of pyridine rings is 1. The molecule has 1 aliphatic heterocycles. The zero-order chi connectivity index (χ0) is 30.9. The average molecular weight is 637 g/mol. The van der Waals surface area contributed by atoms with E-state index in [1.54, 1.807) is 25.1 Å². The number of alkyl halides is 3. The lowest BCUT2D eigenvalue weighted by Crippen LogP contribution is -2.41. The van der Waals surface area contributed by atoms with Crippen LogP contribution in [0.2, 0.25) is 10.0 Å². The third-order valence-electron chi connectivity index (χ3n) is 6.90. The maximum absolute atomic E-state index is 13.8. The van der Waals surface area contributed by atoms with Crippen molar-refractivity contribution in [3.63, 3.8) is 0 Å². The van der Waals surface area contributed by atoms with Crippen molar-refractivity contribution in [3.05, 3.63) is 80.5 Å². The summed E-state index contributed by atoms with van der Waals surface area (Å²) in [4.78, 5) is 32.2. The van der Waals surface area contributed by atoms with Crippen LogP contribution in [0.5, 0.6) is 0 Å². The Balaban J connectivity index is 1.47. The molecule has 0 saturated carbocycles. The van der Waals surface area contributed by atoms with Gasteiger partial charge in [-0.3, -0.25) is 9.59 Å². The predicted molar refractivity (Wildman–Crippen MR) is 148 cm³/mol. The number of nitrogens with zero attached hydrogens (tertiary/aromatic N) is 7. The number of halogens is 5. The Morgan fingerprint density at radius 3 is 2.67 bits per heavy atom. The van der Waals surface area contributed by atoms with Gasteiger partial charge in [-0.1, -0.05) is 23.2 Å². The second-order valence-electron chi connectivity index (χ2n) is 10.0. The average Bonchev–Trinajstić information content (AvgIpc) is 3.72. The number of rotatable bonds is 9. The molecule has 1 amide bonds. The summed E-state index contributed by atoms with van der Waals surface area (Å²) in [6, 6.07) is 7.41. The van der Waals surface area contributed by atoms with E-state index in [9.17, 15) is 22.8 Å². The van der Waals surface area contributed by atoms with Crippen LogP contribution in [-0.4, -0.2) is 65.4 Å². The number of carbonyl (C=O) groups is 2. The third kappa shape index (κ3) is 6.86. The van der Waals surface area contributed by atoms with Gasteiger partial charge in [-0.15, -0.1) is 10.2 Å². The Bertz CT molecular complexity index is 1670. The highest BCUT2D eigenvalue weighted by molar-refractivity contribution is 6.32. The number of benzene rings is 1. The highest BCUT2D eigenvalue weighted by atomic mass is 35.5. The van der Waals surface area contributed by atoms with Gasteiger partial charge in [0, 0.05) is 29.8 Å². The van der Waals surface area contributed by atoms with Crippen molar-refractivity contribution in [2.45, 2.75) is 58.0 Å². The van der Waals surface area contributed by atoms with Gasteiger partial charge in [0.05, 0.1) is 22.9 Å². The molecule has 43 heavy (non-hydrogen) atoms. The molecule has 1 N–H and O–H groups in total. The van der Waals surface area contributed by atoms with Crippen LogP contribution in [0.4, 0.5) is 13.2 Å². The number of Topliss-reactive ketones (excluding diaryl/α,β-unsaturated/α-hetero) is 1. The van der Waals surface area contributed by atoms with Crippen molar-refractivity contribution in [2.75, 3.05) is 6.61 Å². The lowest BCUT2D eigenvalue weighted by molar-refractivity contribution is -0.145. The van der Waals surface area contributed by atoms with Gasteiger partial charge >= 0.3 is 6.18 Å². The fourth-order valence-corrected chi connectivity index (χ4v) is 5.28. The first kappa shape index (κ1) is 30.6. The summed E-state index contributed by atoms with van der Waals surface area (Å²) in [5.41, 5.74) is 1.47. The summed E-state index contributed by atoms with van der Waals surface area (Å²) >= 11 is 12.7. The van der Waals surface area contributed by atoms with Crippen LogP contribution in [0.15, 0.2) is 36.5 Å². The molecular weight excluding hydrogens is 612 g/mol. The zero-order valence-electron chi connectivity index (χ0n) is 22.9. The van der Waals surface area contributed by atoms with Crippen molar-refractivity contribution in [1.29, 1.82) is 0 Å². The number of carbonyl (C=O) groups excluding carboxylic acids is 2. The van der Waals surface area contributed by atoms with E-state index in [0.717, 1.165) is 12.8 Å². The van der Waals surface area contributed by atoms with E-state index in [-0.39, 0.29) is 52.9 Å². The number of tetrazole rings is 1. The smallest absolute Gasteiger partial charge is 0.376 e. The number of ketones is 1. The van der Waals surface area contributed by atoms with Gasteiger partial charge in [-0.25, -0.2) is 9.67 Å². The van der Waals surface area contributed by atoms with Crippen LogP contribution in [0.3, 0.4) is 0 Å². The number of hydrogen-bond donors (Lipinski definition) is 1. The van der Waals surface area contributed by atoms with Crippen molar-refractivity contribution < 1.29 is 27.5 Å². The molecule has 3 aromatic heterocycles. The van der Waals surface area contributed by atoms with E-state index in [2.05, 4.69) is 30.8 Å². The monoisotopic (exact) mass is 636 g/mol. The highest BCUT2D eigenvalue weighted by Gasteiger charge is 2.37. The summed E-state index contributed by atoms with van der Waals surface area (Å²) < 4.78 is 45.8. The highest BCUT2D eigenvalue weighted by Crippen LogP contribution is 2.27. The molecule has 16 heteroatoms. The molecule has 0 bridgehead atoms. The van der Waals surface area contributed by atoms with Crippen molar-refractivity contribution in [1.82, 2.24) is 40.3 Å². The van der Waals surface area contributed by atoms with Gasteiger partial charge in [0.2, 0.25) is 0 Å². The van der Waals surface area contributed by atoms with E-state index >= 15 is 0 Å². The normalized spacial score (nSPS) is 15.9. The molecule has 1 saturated heterocycles. The van der Waals surface area contributed by atoms with E-state index in [0.29, 0.717) is 27.6 Å². The Labute approximate surface area is 253 Å². The van der Waals surface area contributed by atoms with Gasteiger partial charge in [-0.05, 0) is 73.4 Å². The molecule has 1 aliphatic rings. The summed E-state index contributed by atoms with van der Waals surface area (Å²) in [6.45, 7) is 3.90. The topological polar surface area (TPSA) is 130 Å². The number of aromatic nitrogens is 7. The van der Waals surface area contributed by atoms with Crippen molar-refractivity contribution >= 4 is 34.9 Å². The van der Waals surface area contributed by atoms with Crippen LogP contribution in [-0.2, 0) is 23.9 Å². The lowest BCUT2D eigenvalue weighted by atomic mass is 9.95. The molecule has 2 unspecified atom stereocenters. The molecule has 2 atom stereocenters. The van der Waals surface area contributed by atoms with E-state index in [1.165, 1.54) is 23.0 Å². The fourth-order valence-electron chi connectivity index (χ4n) is 4.81. The Hall–Kier alpha value is -3.88. The molecule has 4 heterocycles. The fraction of sp³-hybridized carbons (Fsp3) is 0.370. The van der Waals surface area contributed by atoms with E-state index in [4.69, 9.17) is 27.9 Å². The lowest BCUT2D eigenvalue weighted by Gasteiger charge is -2.21. The molecule has 4 aromatic rings. The van der Waals surface area contributed by atoms with Crippen LogP contribution < -0.4 is 5.32 Å². The predicted octanol–water partition coefficient (Wildman–Crippen LogP) is 4.66. The third-order valence-corrected chi connectivity index (χ3v) is 7.41. The summed E-state index contributed by atoms with van der Waals surface area (Å²) in [5.74, 6) is -2.16. The molecule has 0 spiro atoms. The van der Waals surface area contributed by atoms with Crippen LogP contribution in [0, 0.1) is 6.92 Å². The maximum Gasteiger partial charge on any atom is 0.455 e. The largest absolute Gasteiger partial charge is 0.455 e. The summed E-state index contributed by atoms with van der Waals surface area (Å²) in [5, 5.41) is 17.6. The Kier molecular flexibility index (Phi) is 8.81. The quantitative estimate of drug-likeness (QED) is 0.263. The second-order valence-corrected chi connectivity index (χ2v) is 10.9. The minimum Gasteiger partial charge on any atom is -0.376 e. The van der Waals surface area contributed by atoms with E-state index in [1.807, 2.05) is 6.92 Å². The number of nitrogens with one attached hydrogen (secondary N) is 1. The standard InChI is InChI=1S/C27H25Cl2F3N8O3/c1-14-9-16(28)10-19(25(42)34-15(2)23-6-4-8-43-23)18(14)12-22(41)21-11-17(13-39-37-26(35-38-39)27(30,31)32)36-40(21)24-20(29)5-3-7-33-24/h3,5,7,9-11,15,23H,4,6,8,12-13H2,1-2H3,(H,34,42). The first-order valence-corrected chi connectivity index (χ1v) is 14.0. The van der Waals surface area contributed by atoms with Gasteiger partial charge in [0.1, 0.15) is 12.2 Å². The zero-order valence-corrected chi connectivity index (χ0v) is 24.4. The molecule has 1 fully saturated rings. The van der Waals surface area contributed by atoms with Crippen molar-refractivity contribution in [3.8, 4) is 5.82 Å². The van der Waals surface area contributed by atoms with E-state index < -0.39 is 23.7 Å². The minimum atomic E-state index is -4.78. The molecule has 0 radical (unpaired) electrons. The first-order valence-electron chi connectivity index (χ1n) is 13.2. The van der Waals surface area contributed by atoms with Crippen LogP contribution in [0.25, 0.3) is 5.82 Å². The van der Waals surface area contributed by atoms with Crippen molar-refractivity contribution in [2.24, 2.45) is 0 Å². The number of aryl methyl sites for hydroxylation is 1. The molecule has 1 aromatic carbocycles. The molecule has 5 rings (SSSR count). The van der Waals surface area contributed by atoms with Gasteiger partial charge in [-0.2, -0.15) is 23.1 Å². The van der Waals surface area contributed by atoms with Gasteiger partial charge in [0.25, 0.3) is 11.7 Å². The first-order chi connectivity index (χ1) is 20.4. The number of hydrogen-bond acceptors (Lipinski definition) is 8. The van der Waals surface area contributed by atoms with Gasteiger partial charge < -0.3 is 10.1 Å². The van der Waals surface area contributed by atoms with Gasteiger partial charge in [0.15, 0.2) is 11.6 Å². The second kappa shape index (κ2) is 12.4. The minimum absolute atomic E-state index is 0.0280.